The molecule has 0 aliphatic carbocycles. The van der Waals surface area contributed by atoms with E-state index in [1.165, 1.54) is 0 Å². The Morgan fingerprint density at radius 3 is 2.44 bits per heavy atom. The highest BCUT2D eigenvalue weighted by atomic mass is 16.4. The third-order valence-corrected chi connectivity index (χ3v) is 4.72. The minimum absolute atomic E-state index is 0.144. The molecule has 0 unspecified atom stereocenters. The van der Waals surface area contributed by atoms with Gasteiger partial charge in [0.05, 0.1) is 0 Å². The van der Waals surface area contributed by atoms with E-state index in [-0.39, 0.29) is 12.0 Å². The van der Waals surface area contributed by atoms with Crippen molar-refractivity contribution in [1.82, 2.24) is 4.57 Å². The van der Waals surface area contributed by atoms with Crippen LogP contribution in [-0.2, 0) is 11.2 Å². The number of rotatable bonds is 6. The van der Waals surface area contributed by atoms with Crippen molar-refractivity contribution in [3.63, 3.8) is 0 Å². The largest absolute Gasteiger partial charge is 0.481 e. The summed E-state index contributed by atoms with van der Waals surface area (Å²) in [6.07, 6.45) is 3.12. The second-order valence-corrected chi connectivity index (χ2v) is 6.45. The van der Waals surface area contributed by atoms with Crippen LogP contribution in [0.25, 0.3) is 35.7 Å². The number of carboxylic acids is 1. The molecule has 136 valence electrons. The number of hydrogen-bond acceptors (Lipinski definition) is 2. The highest BCUT2D eigenvalue weighted by Gasteiger charge is 2.10. The number of benzene rings is 2. The van der Waals surface area contributed by atoms with Gasteiger partial charge in [-0.25, -0.2) is 0 Å². The topological polar surface area (TPSA) is 59.3 Å². The van der Waals surface area contributed by atoms with Crippen LogP contribution in [0.3, 0.4) is 0 Å². The van der Waals surface area contributed by atoms with Gasteiger partial charge in [-0.2, -0.15) is 0 Å². The maximum absolute atomic E-state index is 13.1. The smallest absolute Gasteiger partial charge is 0.303 e. The zero-order chi connectivity index (χ0) is 19.6. The number of hydrogen-bond donors (Lipinski definition) is 1. The van der Waals surface area contributed by atoms with Crippen molar-refractivity contribution in [1.29, 1.82) is 0 Å². The minimum atomic E-state index is -0.794. The van der Waals surface area contributed by atoms with Crippen molar-refractivity contribution in [2.24, 2.45) is 0 Å². The van der Waals surface area contributed by atoms with Gasteiger partial charge in [0.2, 0.25) is 0 Å². The van der Waals surface area contributed by atoms with Crippen molar-refractivity contribution in [3.05, 3.63) is 81.1 Å². The molecular weight excluding hydrogens is 338 g/mol. The van der Waals surface area contributed by atoms with Crippen LogP contribution in [0.5, 0.6) is 0 Å². The Labute approximate surface area is 157 Å². The third kappa shape index (κ3) is 3.47. The van der Waals surface area contributed by atoms with Crippen LogP contribution in [-0.4, -0.2) is 15.6 Å². The highest BCUT2D eigenvalue weighted by Crippen LogP contribution is 2.14. The van der Waals surface area contributed by atoms with Gasteiger partial charge in [0.25, 0.3) is 5.56 Å². The molecule has 27 heavy (non-hydrogen) atoms. The molecule has 0 saturated carbocycles. The Bertz CT molecular complexity index is 1190. The lowest BCUT2D eigenvalue weighted by Gasteiger charge is -2.12. The van der Waals surface area contributed by atoms with E-state index in [0.717, 1.165) is 16.5 Å². The molecule has 0 bridgehead atoms. The number of aromatic nitrogens is 1. The molecule has 4 nitrogen and oxygen atoms in total. The molecule has 1 aromatic heterocycles. The van der Waals surface area contributed by atoms with E-state index in [1.54, 1.807) is 16.7 Å². The fourth-order valence-corrected chi connectivity index (χ4v) is 3.31. The first-order chi connectivity index (χ1) is 12.9. The van der Waals surface area contributed by atoms with E-state index >= 15 is 0 Å². The first-order valence-corrected chi connectivity index (χ1v) is 8.73. The molecule has 1 N–H and O–H groups in total. The molecule has 0 aliphatic heterocycles. The monoisotopic (exact) mass is 359 g/mol. The molecular formula is C23H21NO3. The third-order valence-electron chi connectivity index (χ3n) is 4.72. The normalized spacial score (nSPS) is 10.8. The number of carbonyl (C=O) groups is 1. The van der Waals surface area contributed by atoms with E-state index in [2.05, 4.69) is 19.7 Å². The van der Waals surface area contributed by atoms with Gasteiger partial charge < -0.3 is 5.11 Å². The molecule has 4 heteroatoms. The van der Waals surface area contributed by atoms with Gasteiger partial charge in [-0.05, 0) is 47.4 Å². The molecule has 0 amide bonds. The van der Waals surface area contributed by atoms with Crippen LogP contribution in [0.4, 0.5) is 0 Å². The number of nitrogens with zero attached hydrogens (tertiary/aromatic N) is 1. The van der Waals surface area contributed by atoms with Gasteiger partial charge in [-0.3, -0.25) is 14.2 Å². The Morgan fingerprint density at radius 1 is 1.11 bits per heavy atom. The van der Waals surface area contributed by atoms with E-state index in [4.69, 9.17) is 5.11 Å². The molecule has 2 aromatic carbocycles. The zero-order valence-electron chi connectivity index (χ0n) is 15.1. The van der Waals surface area contributed by atoms with Gasteiger partial charge in [0.1, 0.15) is 0 Å². The molecule has 1 heterocycles. The number of aryl methyl sites for hydroxylation is 1. The lowest BCUT2D eigenvalue weighted by Crippen LogP contribution is -2.41. The van der Waals surface area contributed by atoms with Crippen molar-refractivity contribution in [3.8, 4) is 5.69 Å². The first-order valence-electron chi connectivity index (χ1n) is 8.73. The predicted octanol–water partition coefficient (Wildman–Crippen LogP) is 2.86. The second kappa shape index (κ2) is 7.46. The van der Waals surface area contributed by atoms with Crippen LogP contribution >= 0.6 is 0 Å². The average molecular weight is 359 g/mol. The van der Waals surface area contributed by atoms with Crippen molar-refractivity contribution >= 4 is 36.0 Å². The fourth-order valence-electron chi connectivity index (χ4n) is 3.31. The van der Waals surface area contributed by atoms with Crippen LogP contribution < -0.4 is 16.1 Å². The van der Waals surface area contributed by atoms with Gasteiger partial charge in [-0.1, -0.05) is 50.1 Å². The average Bonchev–Trinajstić information content (AvgIpc) is 2.66. The van der Waals surface area contributed by atoms with E-state index < -0.39 is 5.97 Å². The quantitative estimate of drug-likeness (QED) is 0.736. The Kier molecular flexibility index (Phi) is 5.08. The van der Waals surface area contributed by atoms with Crippen LogP contribution in [0.2, 0.25) is 0 Å². The number of fused-ring (bicyclic) bond motifs is 1. The second-order valence-electron chi connectivity index (χ2n) is 6.45. The van der Waals surface area contributed by atoms with E-state index in [9.17, 15) is 9.59 Å². The van der Waals surface area contributed by atoms with E-state index in [1.807, 2.05) is 36.4 Å². The van der Waals surface area contributed by atoms with Crippen molar-refractivity contribution in [2.75, 3.05) is 0 Å². The minimum Gasteiger partial charge on any atom is -0.481 e. The lowest BCUT2D eigenvalue weighted by atomic mass is 10.0. The first kappa shape index (κ1) is 18.4. The summed E-state index contributed by atoms with van der Waals surface area (Å²) < 4.78 is 1.57. The number of carboxylic acid groups (broad SMARTS) is 1. The molecule has 0 saturated heterocycles. The van der Waals surface area contributed by atoms with Gasteiger partial charge in [-0.15, -0.1) is 0 Å². The van der Waals surface area contributed by atoms with E-state index in [0.29, 0.717) is 34.5 Å². The van der Waals surface area contributed by atoms with Crippen molar-refractivity contribution < 1.29 is 9.90 Å². The van der Waals surface area contributed by atoms with Crippen molar-refractivity contribution in [2.45, 2.75) is 19.3 Å². The fraction of sp³-hybridized carbons (Fsp3) is 0.130. The molecule has 0 atom stereocenters. The summed E-state index contributed by atoms with van der Waals surface area (Å²) in [5.74, 6) is -0.794. The van der Waals surface area contributed by atoms with Crippen LogP contribution in [0, 0.1) is 0 Å². The zero-order valence-corrected chi connectivity index (χ0v) is 15.1. The summed E-state index contributed by atoms with van der Waals surface area (Å²) in [5.41, 5.74) is 2.45. The molecule has 0 spiro atoms. The molecule has 0 radical (unpaired) electrons. The standard InChI is InChI=1S/C23H21NO3/c1-4-18-8-6-9-20-22(18)15(2)16(3)24(23(20)27)19-13-11-17(12-14-19)7-5-10-21(25)26/h4,6,8-9,11-14H,1-3,5,7,10H2,(H,25,26). The highest BCUT2D eigenvalue weighted by molar-refractivity contribution is 5.90. The van der Waals surface area contributed by atoms with Gasteiger partial charge in [0, 0.05) is 28.2 Å². The van der Waals surface area contributed by atoms with Gasteiger partial charge in [0.15, 0.2) is 0 Å². The molecule has 0 fully saturated rings. The summed E-state index contributed by atoms with van der Waals surface area (Å²) in [5, 5.41) is 11.3. The summed E-state index contributed by atoms with van der Waals surface area (Å²) in [7, 11) is 0. The Hall–Kier alpha value is -3.40. The Morgan fingerprint density at radius 2 is 1.81 bits per heavy atom. The Balaban J connectivity index is 2.09. The number of pyridine rings is 1. The predicted molar refractivity (Wildman–Crippen MR) is 111 cm³/mol. The summed E-state index contributed by atoms with van der Waals surface area (Å²) in [6, 6.07) is 13.1. The summed E-state index contributed by atoms with van der Waals surface area (Å²) in [4.78, 5) is 23.7. The maximum atomic E-state index is 13.1. The summed E-state index contributed by atoms with van der Waals surface area (Å²) in [6.45, 7) is 12.0. The summed E-state index contributed by atoms with van der Waals surface area (Å²) >= 11 is 0. The maximum Gasteiger partial charge on any atom is 0.303 e. The molecule has 0 aliphatic rings. The van der Waals surface area contributed by atoms with Gasteiger partial charge >= 0.3 is 5.97 Å². The SMILES string of the molecule is C=Cc1cccc2c(=O)n(-c3ccc(CCCC(=O)O)cc3)c(=C)c(=C)c12. The van der Waals surface area contributed by atoms with Crippen LogP contribution in [0.15, 0.2) is 53.8 Å². The lowest BCUT2D eigenvalue weighted by molar-refractivity contribution is -0.137. The molecule has 3 aromatic rings. The molecule has 3 rings (SSSR count). The number of aliphatic carboxylic acids is 1. The van der Waals surface area contributed by atoms with Crippen LogP contribution in [0.1, 0.15) is 24.0 Å².